The second-order valence-corrected chi connectivity index (χ2v) is 7.49. The number of anilines is 1. The van der Waals surface area contributed by atoms with Crippen LogP contribution in [0.3, 0.4) is 0 Å². The third-order valence-electron chi connectivity index (χ3n) is 3.75. The van der Waals surface area contributed by atoms with Crippen LogP contribution in [0.2, 0.25) is 0 Å². The number of thiazole rings is 1. The lowest BCUT2D eigenvalue weighted by atomic mass is 9.93. The van der Waals surface area contributed by atoms with E-state index in [1.54, 1.807) is 10.9 Å². The summed E-state index contributed by atoms with van der Waals surface area (Å²) >= 11 is 1.44. The van der Waals surface area contributed by atoms with Crippen molar-refractivity contribution in [2.24, 2.45) is 0 Å². The Morgan fingerprint density at radius 2 is 1.92 bits per heavy atom. The monoisotopic (exact) mass is 340 g/mol. The zero-order chi connectivity index (χ0) is 17.3. The Morgan fingerprint density at radius 1 is 1.21 bits per heavy atom. The number of aromatic nitrogens is 3. The molecule has 0 aliphatic rings. The largest absolute Gasteiger partial charge is 0.298 e. The van der Waals surface area contributed by atoms with Crippen molar-refractivity contribution in [1.29, 1.82) is 0 Å². The lowest BCUT2D eigenvalue weighted by Crippen LogP contribution is -2.15. The summed E-state index contributed by atoms with van der Waals surface area (Å²) in [6.45, 7) is 8.18. The minimum atomic E-state index is -0.190. The fourth-order valence-electron chi connectivity index (χ4n) is 2.30. The predicted molar refractivity (Wildman–Crippen MR) is 97.1 cm³/mol. The van der Waals surface area contributed by atoms with Gasteiger partial charge in [-0.1, -0.05) is 39.0 Å². The normalized spacial score (nSPS) is 11.5. The van der Waals surface area contributed by atoms with Gasteiger partial charge in [-0.3, -0.25) is 10.1 Å². The number of rotatable bonds is 3. The highest BCUT2D eigenvalue weighted by Gasteiger charge is 2.20. The maximum atomic E-state index is 12.5. The molecule has 6 heteroatoms. The van der Waals surface area contributed by atoms with Crippen LogP contribution in [0, 0.1) is 6.92 Å². The van der Waals surface area contributed by atoms with Crippen LogP contribution < -0.4 is 5.32 Å². The average molecular weight is 340 g/mol. The summed E-state index contributed by atoms with van der Waals surface area (Å²) in [6.07, 6.45) is 1.59. The van der Waals surface area contributed by atoms with Gasteiger partial charge >= 0.3 is 0 Å². The van der Waals surface area contributed by atoms with Crippen molar-refractivity contribution < 1.29 is 4.79 Å². The van der Waals surface area contributed by atoms with Crippen LogP contribution in [0.25, 0.3) is 5.69 Å². The number of carbonyl (C=O) groups excluding carboxylic acids is 1. The molecule has 3 rings (SSSR count). The number of nitrogens with zero attached hydrogens (tertiary/aromatic N) is 3. The summed E-state index contributed by atoms with van der Waals surface area (Å²) in [5.74, 6) is -0.190. The highest BCUT2D eigenvalue weighted by Crippen LogP contribution is 2.26. The van der Waals surface area contributed by atoms with Crippen LogP contribution in [-0.2, 0) is 5.41 Å². The van der Waals surface area contributed by atoms with Gasteiger partial charge in [0, 0.05) is 10.8 Å². The van der Waals surface area contributed by atoms with Crippen LogP contribution >= 0.6 is 11.3 Å². The quantitative estimate of drug-likeness (QED) is 0.778. The SMILES string of the molecule is Cc1c(C(=O)Nc2nc(C(C)(C)C)cs2)cnn1-c1ccccc1. The third-order valence-corrected chi connectivity index (χ3v) is 4.51. The van der Waals surface area contributed by atoms with Gasteiger partial charge in [0.15, 0.2) is 5.13 Å². The highest BCUT2D eigenvalue weighted by molar-refractivity contribution is 7.14. The van der Waals surface area contributed by atoms with Crippen molar-refractivity contribution in [3.8, 4) is 5.69 Å². The van der Waals surface area contributed by atoms with E-state index in [1.807, 2.05) is 42.6 Å². The Balaban J connectivity index is 1.81. The molecule has 0 saturated carbocycles. The summed E-state index contributed by atoms with van der Waals surface area (Å²) in [6, 6.07) is 9.75. The zero-order valence-electron chi connectivity index (χ0n) is 14.2. The average Bonchev–Trinajstić information content (AvgIpc) is 3.14. The summed E-state index contributed by atoms with van der Waals surface area (Å²) in [5.41, 5.74) is 3.21. The van der Waals surface area contributed by atoms with Crippen molar-refractivity contribution in [2.75, 3.05) is 5.32 Å². The molecule has 0 atom stereocenters. The number of para-hydroxylation sites is 1. The van der Waals surface area contributed by atoms with E-state index in [2.05, 4.69) is 36.2 Å². The molecule has 0 radical (unpaired) electrons. The molecule has 0 bridgehead atoms. The van der Waals surface area contributed by atoms with E-state index in [4.69, 9.17) is 0 Å². The molecule has 124 valence electrons. The minimum Gasteiger partial charge on any atom is -0.298 e. The first-order valence-electron chi connectivity index (χ1n) is 7.73. The number of amides is 1. The van der Waals surface area contributed by atoms with Gasteiger partial charge in [0.05, 0.1) is 28.8 Å². The van der Waals surface area contributed by atoms with E-state index in [9.17, 15) is 4.79 Å². The molecular formula is C18H20N4OS. The van der Waals surface area contributed by atoms with E-state index >= 15 is 0 Å². The molecule has 1 amide bonds. The number of hydrogen-bond donors (Lipinski definition) is 1. The Kier molecular flexibility index (Phi) is 4.24. The molecule has 1 N–H and O–H groups in total. The summed E-state index contributed by atoms with van der Waals surface area (Å²) in [5, 5.41) is 9.79. The van der Waals surface area contributed by atoms with Crippen molar-refractivity contribution in [3.05, 3.63) is 58.9 Å². The van der Waals surface area contributed by atoms with Crippen LogP contribution in [0.5, 0.6) is 0 Å². The molecule has 0 fully saturated rings. The van der Waals surface area contributed by atoms with Gasteiger partial charge in [0.25, 0.3) is 5.91 Å². The molecule has 3 aromatic rings. The topological polar surface area (TPSA) is 59.8 Å². The molecule has 0 spiro atoms. The lowest BCUT2D eigenvalue weighted by molar-refractivity contribution is 0.102. The van der Waals surface area contributed by atoms with E-state index < -0.39 is 0 Å². The maximum absolute atomic E-state index is 12.5. The summed E-state index contributed by atoms with van der Waals surface area (Å²) in [4.78, 5) is 17.0. The van der Waals surface area contributed by atoms with E-state index in [-0.39, 0.29) is 11.3 Å². The smallest absolute Gasteiger partial charge is 0.260 e. The fraction of sp³-hybridized carbons (Fsp3) is 0.278. The summed E-state index contributed by atoms with van der Waals surface area (Å²) in [7, 11) is 0. The Morgan fingerprint density at radius 3 is 2.54 bits per heavy atom. The summed E-state index contributed by atoms with van der Waals surface area (Å²) < 4.78 is 1.76. The van der Waals surface area contributed by atoms with Gasteiger partial charge in [0.2, 0.25) is 0 Å². The van der Waals surface area contributed by atoms with Crippen molar-refractivity contribution in [2.45, 2.75) is 33.1 Å². The lowest BCUT2D eigenvalue weighted by Gasteiger charge is -2.14. The molecule has 0 aliphatic heterocycles. The molecule has 24 heavy (non-hydrogen) atoms. The van der Waals surface area contributed by atoms with Crippen LogP contribution in [0.15, 0.2) is 41.9 Å². The van der Waals surface area contributed by atoms with Gasteiger partial charge in [-0.25, -0.2) is 9.67 Å². The van der Waals surface area contributed by atoms with Gasteiger partial charge in [-0.15, -0.1) is 11.3 Å². The second-order valence-electron chi connectivity index (χ2n) is 6.63. The van der Waals surface area contributed by atoms with Crippen LogP contribution in [-0.4, -0.2) is 20.7 Å². The van der Waals surface area contributed by atoms with Crippen molar-refractivity contribution >= 4 is 22.4 Å². The van der Waals surface area contributed by atoms with Gasteiger partial charge in [-0.2, -0.15) is 5.10 Å². The van der Waals surface area contributed by atoms with Crippen molar-refractivity contribution in [3.63, 3.8) is 0 Å². The molecule has 0 aliphatic carbocycles. The molecule has 0 unspecified atom stereocenters. The molecule has 1 aromatic carbocycles. The van der Waals surface area contributed by atoms with Crippen LogP contribution in [0.1, 0.15) is 42.5 Å². The highest BCUT2D eigenvalue weighted by atomic mass is 32.1. The molecule has 5 nitrogen and oxygen atoms in total. The van der Waals surface area contributed by atoms with E-state index in [1.165, 1.54) is 11.3 Å². The van der Waals surface area contributed by atoms with Crippen molar-refractivity contribution in [1.82, 2.24) is 14.8 Å². The zero-order valence-corrected chi connectivity index (χ0v) is 15.0. The molecule has 2 aromatic heterocycles. The van der Waals surface area contributed by atoms with Crippen LogP contribution in [0.4, 0.5) is 5.13 Å². The maximum Gasteiger partial charge on any atom is 0.260 e. The number of benzene rings is 1. The molecular weight excluding hydrogens is 320 g/mol. The van der Waals surface area contributed by atoms with Gasteiger partial charge in [0.1, 0.15) is 0 Å². The first-order chi connectivity index (χ1) is 11.4. The number of hydrogen-bond acceptors (Lipinski definition) is 4. The minimum absolute atomic E-state index is 0.0341. The Bertz CT molecular complexity index is 859. The third kappa shape index (κ3) is 3.23. The molecule has 0 saturated heterocycles. The number of nitrogens with one attached hydrogen (secondary N) is 1. The standard InChI is InChI=1S/C18H20N4OS/c1-12-14(10-19-22(12)13-8-6-5-7-9-13)16(23)21-17-20-15(11-24-17)18(2,3)4/h5-11H,1-4H3,(H,20,21,23). The molecule has 2 heterocycles. The predicted octanol–water partition coefficient (Wildman–Crippen LogP) is 4.19. The second kappa shape index (κ2) is 6.20. The number of carbonyl (C=O) groups is 1. The first kappa shape index (κ1) is 16.4. The van der Waals surface area contributed by atoms with Gasteiger partial charge < -0.3 is 0 Å². The Hall–Kier alpha value is -2.47. The Labute approximate surface area is 145 Å². The fourth-order valence-corrected chi connectivity index (χ4v) is 3.23. The van der Waals surface area contributed by atoms with E-state index in [0.717, 1.165) is 17.1 Å². The van der Waals surface area contributed by atoms with E-state index in [0.29, 0.717) is 10.7 Å². The van der Waals surface area contributed by atoms with Gasteiger partial charge in [-0.05, 0) is 19.1 Å². The first-order valence-corrected chi connectivity index (χ1v) is 8.61.